The van der Waals surface area contributed by atoms with Gasteiger partial charge < -0.3 is 21.1 Å². The number of rotatable bonds is 7. The Morgan fingerprint density at radius 3 is 2.15 bits per heavy atom. The summed E-state index contributed by atoms with van der Waals surface area (Å²) < 4.78 is 0. The number of nitrogens with one attached hydrogen (secondary N) is 4. The zero-order chi connectivity index (χ0) is 23.6. The molecule has 1 aliphatic rings. The summed E-state index contributed by atoms with van der Waals surface area (Å²) >= 11 is 0. The minimum atomic E-state index is -1.26. The minimum absolute atomic E-state index is 0.308. The van der Waals surface area contributed by atoms with Crippen molar-refractivity contribution >= 4 is 11.8 Å². The molecule has 2 aromatic carbocycles. The molecule has 0 unspecified atom stereocenters. The summed E-state index contributed by atoms with van der Waals surface area (Å²) in [7, 11) is 0. The molecule has 1 aliphatic heterocycles. The highest BCUT2D eigenvalue weighted by Gasteiger charge is 2.25. The lowest BCUT2D eigenvalue weighted by atomic mass is 10.1. The Balaban J connectivity index is 1.55. The van der Waals surface area contributed by atoms with E-state index in [1.807, 2.05) is 12.1 Å². The SMILES string of the molecule is C[C@@H](O)[C@H](NC(=O)c1ccc(C#Cc2ccc(CNC3CCNCC3)cc2)cc1)C(=O)NO. The number of hydrogen-bond donors (Lipinski definition) is 6. The molecule has 33 heavy (non-hydrogen) atoms. The lowest BCUT2D eigenvalue weighted by Crippen LogP contribution is -2.51. The van der Waals surface area contributed by atoms with Crippen LogP contribution in [0.15, 0.2) is 48.5 Å². The highest BCUT2D eigenvalue weighted by molar-refractivity contribution is 5.97. The third kappa shape index (κ3) is 7.41. The van der Waals surface area contributed by atoms with Gasteiger partial charge in [0.1, 0.15) is 6.04 Å². The van der Waals surface area contributed by atoms with Crippen molar-refractivity contribution in [3.05, 3.63) is 70.8 Å². The molecule has 0 spiro atoms. The molecule has 8 heteroatoms. The summed E-state index contributed by atoms with van der Waals surface area (Å²) in [6.45, 7) is 4.33. The van der Waals surface area contributed by atoms with Crippen LogP contribution in [0.25, 0.3) is 0 Å². The predicted octanol–water partition coefficient (Wildman–Crippen LogP) is 0.913. The maximum absolute atomic E-state index is 12.3. The van der Waals surface area contributed by atoms with E-state index in [9.17, 15) is 14.7 Å². The van der Waals surface area contributed by atoms with Gasteiger partial charge in [0.05, 0.1) is 6.10 Å². The van der Waals surface area contributed by atoms with Crippen molar-refractivity contribution in [1.82, 2.24) is 21.4 Å². The summed E-state index contributed by atoms with van der Waals surface area (Å²) in [5, 5.41) is 27.7. The molecular formula is C25H30N4O4. The van der Waals surface area contributed by atoms with E-state index in [0.29, 0.717) is 11.6 Å². The van der Waals surface area contributed by atoms with Crippen LogP contribution in [0.4, 0.5) is 0 Å². The fraction of sp³-hybridized carbons (Fsp3) is 0.360. The van der Waals surface area contributed by atoms with E-state index >= 15 is 0 Å². The van der Waals surface area contributed by atoms with E-state index in [1.165, 1.54) is 18.0 Å². The van der Waals surface area contributed by atoms with Crippen LogP contribution >= 0.6 is 0 Å². The number of hydrogen-bond acceptors (Lipinski definition) is 6. The molecule has 0 aliphatic carbocycles. The smallest absolute Gasteiger partial charge is 0.268 e. The summed E-state index contributed by atoms with van der Waals surface area (Å²) in [6.07, 6.45) is 1.14. The zero-order valence-corrected chi connectivity index (χ0v) is 18.6. The summed E-state index contributed by atoms with van der Waals surface area (Å²) in [4.78, 5) is 23.9. The quantitative estimate of drug-likeness (QED) is 0.212. The van der Waals surface area contributed by atoms with Crippen LogP contribution in [0, 0.1) is 11.8 Å². The molecule has 8 nitrogen and oxygen atoms in total. The number of hydroxylamine groups is 1. The third-order valence-corrected chi connectivity index (χ3v) is 5.55. The number of amides is 2. The van der Waals surface area contributed by atoms with Gasteiger partial charge in [-0.25, -0.2) is 5.48 Å². The van der Waals surface area contributed by atoms with Crippen molar-refractivity contribution < 1.29 is 19.9 Å². The van der Waals surface area contributed by atoms with Gasteiger partial charge in [-0.2, -0.15) is 0 Å². The van der Waals surface area contributed by atoms with E-state index < -0.39 is 24.0 Å². The number of piperidine rings is 1. The minimum Gasteiger partial charge on any atom is -0.391 e. The average Bonchev–Trinajstić information content (AvgIpc) is 2.85. The first-order valence-electron chi connectivity index (χ1n) is 11.0. The fourth-order valence-corrected chi connectivity index (χ4v) is 3.54. The van der Waals surface area contributed by atoms with Gasteiger partial charge >= 0.3 is 0 Å². The Bertz CT molecular complexity index is 988. The Labute approximate surface area is 193 Å². The Hall–Kier alpha value is -3.22. The molecule has 1 fully saturated rings. The molecule has 2 amide bonds. The number of benzene rings is 2. The molecule has 2 aromatic rings. The van der Waals surface area contributed by atoms with Gasteiger partial charge in [-0.15, -0.1) is 0 Å². The molecule has 1 saturated heterocycles. The van der Waals surface area contributed by atoms with Crippen molar-refractivity contribution in [3.8, 4) is 11.8 Å². The maximum Gasteiger partial charge on any atom is 0.268 e. The van der Waals surface area contributed by atoms with Crippen molar-refractivity contribution in [2.24, 2.45) is 0 Å². The van der Waals surface area contributed by atoms with Crippen LogP contribution in [0.3, 0.4) is 0 Å². The van der Waals surface area contributed by atoms with Crippen LogP contribution in [-0.2, 0) is 11.3 Å². The van der Waals surface area contributed by atoms with Crippen LogP contribution in [0.5, 0.6) is 0 Å². The highest BCUT2D eigenvalue weighted by atomic mass is 16.5. The van der Waals surface area contributed by atoms with Crippen molar-refractivity contribution in [1.29, 1.82) is 0 Å². The molecule has 2 atom stereocenters. The molecule has 0 aromatic heterocycles. The Kier molecular flexibility index (Phi) is 8.98. The summed E-state index contributed by atoms with van der Waals surface area (Å²) in [5.74, 6) is 4.76. The second kappa shape index (κ2) is 12.1. The predicted molar refractivity (Wildman–Crippen MR) is 124 cm³/mol. The number of carbonyl (C=O) groups is 2. The zero-order valence-electron chi connectivity index (χ0n) is 18.6. The highest BCUT2D eigenvalue weighted by Crippen LogP contribution is 2.08. The van der Waals surface area contributed by atoms with Gasteiger partial charge in [0.15, 0.2) is 0 Å². The van der Waals surface area contributed by atoms with Crippen molar-refractivity contribution in [3.63, 3.8) is 0 Å². The van der Waals surface area contributed by atoms with Gasteiger partial charge in [-0.3, -0.25) is 14.8 Å². The Morgan fingerprint density at radius 2 is 1.61 bits per heavy atom. The van der Waals surface area contributed by atoms with E-state index in [1.54, 1.807) is 24.3 Å². The first-order chi connectivity index (χ1) is 16.0. The monoisotopic (exact) mass is 450 g/mol. The second-order valence-electron chi connectivity index (χ2n) is 8.10. The summed E-state index contributed by atoms with van der Waals surface area (Å²) in [6, 6.07) is 14.0. The van der Waals surface area contributed by atoms with E-state index in [4.69, 9.17) is 5.21 Å². The normalized spacial score (nSPS) is 15.6. The molecular weight excluding hydrogens is 420 g/mol. The van der Waals surface area contributed by atoms with E-state index in [2.05, 4.69) is 39.9 Å². The Morgan fingerprint density at radius 1 is 1.03 bits per heavy atom. The van der Waals surface area contributed by atoms with Crippen molar-refractivity contribution in [2.45, 2.75) is 44.5 Å². The summed E-state index contributed by atoms with van der Waals surface area (Å²) in [5.41, 5.74) is 4.60. The molecule has 3 rings (SSSR count). The van der Waals surface area contributed by atoms with Crippen LogP contribution in [0.1, 0.15) is 46.8 Å². The lowest BCUT2D eigenvalue weighted by Gasteiger charge is -2.23. The topological polar surface area (TPSA) is 123 Å². The van der Waals surface area contributed by atoms with Gasteiger partial charge in [0.2, 0.25) is 0 Å². The average molecular weight is 451 g/mol. The van der Waals surface area contributed by atoms with Crippen LogP contribution in [0.2, 0.25) is 0 Å². The van der Waals surface area contributed by atoms with Gasteiger partial charge in [-0.05, 0) is 74.8 Å². The molecule has 174 valence electrons. The first-order valence-corrected chi connectivity index (χ1v) is 11.0. The van der Waals surface area contributed by atoms with Crippen molar-refractivity contribution in [2.75, 3.05) is 13.1 Å². The number of carbonyl (C=O) groups excluding carboxylic acids is 2. The molecule has 0 saturated carbocycles. The molecule has 0 bridgehead atoms. The standard InChI is InChI=1S/C25H30N4O4/c1-17(30)23(25(32)29-33)28-24(31)21-10-8-19(9-11-21)3-2-18-4-6-20(7-5-18)16-27-22-12-14-26-15-13-22/h4-11,17,22-23,26-27,30,33H,12-16H2,1H3,(H,28,31)(H,29,32)/t17-,23+/m1/s1. The van der Waals surface area contributed by atoms with Crippen LogP contribution < -0.4 is 21.4 Å². The molecule has 0 radical (unpaired) electrons. The number of aliphatic hydroxyl groups excluding tert-OH is 1. The number of aliphatic hydroxyl groups is 1. The largest absolute Gasteiger partial charge is 0.391 e. The third-order valence-electron chi connectivity index (χ3n) is 5.55. The van der Waals surface area contributed by atoms with E-state index in [-0.39, 0.29) is 0 Å². The molecule has 1 heterocycles. The lowest BCUT2D eigenvalue weighted by molar-refractivity contribution is -0.133. The molecule has 6 N–H and O–H groups in total. The van der Waals surface area contributed by atoms with Gasteiger partial charge in [0.25, 0.3) is 11.8 Å². The maximum atomic E-state index is 12.3. The van der Waals surface area contributed by atoms with Gasteiger partial charge in [0, 0.05) is 29.3 Å². The first kappa shape index (κ1) is 24.4. The second-order valence-corrected chi connectivity index (χ2v) is 8.10. The van der Waals surface area contributed by atoms with Gasteiger partial charge in [-0.1, -0.05) is 24.0 Å². The fourth-order valence-electron chi connectivity index (χ4n) is 3.54. The van der Waals surface area contributed by atoms with Crippen LogP contribution in [-0.4, -0.2) is 53.4 Å². The van der Waals surface area contributed by atoms with E-state index in [0.717, 1.165) is 43.6 Å².